The van der Waals surface area contributed by atoms with E-state index in [1.165, 1.54) is 44.9 Å². The van der Waals surface area contributed by atoms with Gasteiger partial charge in [0.15, 0.2) is 0 Å². The van der Waals surface area contributed by atoms with Crippen molar-refractivity contribution in [2.75, 3.05) is 0 Å². The van der Waals surface area contributed by atoms with Crippen molar-refractivity contribution in [2.24, 2.45) is 5.73 Å². The van der Waals surface area contributed by atoms with E-state index in [2.05, 4.69) is 15.9 Å². The van der Waals surface area contributed by atoms with E-state index >= 15 is 0 Å². The van der Waals surface area contributed by atoms with Crippen LogP contribution in [0.3, 0.4) is 0 Å². The van der Waals surface area contributed by atoms with Gasteiger partial charge in [0, 0.05) is 10.9 Å². The number of alkyl halides is 1. The summed E-state index contributed by atoms with van der Waals surface area (Å²) in [7, 11) is 0. The van der Waals surface area contributed by atoms with Crippen LogP contribution in [0.1, 0.15) is 44.9 Å². The second-order valence-electron chi connectivity index (χ2n) is 3.57. The second-order valence-corrected chi connectivity index (χ2v) is 4.87. The molecule has 1 aliphatic carbocycles. The number of halogens is 1. The minimum atomic E-state index is 0.479. The van der Waals surface area contributed by atoms with Crippen molar-refractivity contribution in [1.82, 2.24) is 0 Å². The van der Waals surface area contributed by atoms with Gasteiger partial charge in [-0.2, -0.15) is 0 Å². The van der Waals surface area contributed by atoms with Crippen LogP contribution < -0.4 is 5.73 Å². The van der Waals surface area contributed by atoms with Gasteiger partial charge in [0.1, 0.15) is 0 Å². The molecule has 0 aromatic rings. The molecule has 0 saturated heterocycles. The van der Waals surface area contributed by atoms with E-state index in [9.17, 15) is 0 Å². The third kappa shape index (κ3) is 4.12. The lowest BCUT2D eigenvalue weighted by Crippen LogP contribution is -2.18. The second kappa shape index (κ2) is 5.15. The molecule has 66 valence electrons. The first-order valence-corrected chi connectivity index (χ1v) is 5.60. The first kappa shape index (κ1) is 9.53. The molecule has 0 heterocycles. The van der Waals surface area contributed by atoms with Crippen LogP contribution in [0, 0.1) is 0 Å². The zero-order valence-corrected chi connectivity index (χ0v) is 8.65. The van der Waals surface area contributed by atoms with Crippen molar-refractivity contribution in [2.45, 2.75) is 55.8 Å². The maximum Gasteiger partial charge on any atom is 0.0145 e. The van der Waals surface area contributed by atoms with Crippen molar-refractivity contribution < 1.29 is 0 Å². The summed E-state index contributed by atoms with van der Waals surface area (Å²) in [6.45, 7) is 0. The molecule has 11 heavy (non-hydrogen) atoms. The van der Waals surface area contributed by atoms with E-state index in [-0.39, 0.29) is 0 Å². The van der Waals surface area contributed by atoms with Gasteiger partial charge in [-0.05, 0) is 25.7 Å². The number of nitrogens with two attached hydrogens (primary N) is 1. The van der Waals surface area contributed by atoms with Crippen LogP contribution in [0.4, 0.5) is 0 Å². The van der Waals surface area contributed by atoms with E-state index < -0.39 is 0 Å². The minimum absolute atomic E-state index is 0.479. The molecule has 2 N–H and O–H groups in total. The van der Waals surface area contributed by atoms with Crippen LogP contribution >= 0.6 is 15.9 Å². The summed E-state index contributed by atoms with van der Waals surface area (Å²) < 4.78 is 0. The average molecular weight is 220 g/mol. The fourth-order valence-electron chi connectivity index (χ4n) is 1.66. The van der Waals surface area contributed by atoms with Crippen molar-refractivity contribution >= 4 is 15.9 Å². The summed E-state index contributed by atoms with van der Waals surface area (Å²) in [4.78, 5) is 0.757. The Bertz CT molecular complexity index is 93.7. The Balaban J connectivity index is 2.24. The zero-order chi connectivity index (χ0) is 8.10. The fraction of sp³-hybridized carbons (Fsp3) is 1.00. The van der Waals surface area contributed by atoms with Crippen molar-refractivity contribution in [3.8, 4) is 0 Å². The van der Waals surface area contributed by atoms with Gasteiger partial charge in [0.25, 0.3) is 0 Å². The third-order valence-corrected chi connectivity index (χ3v) is 3.35. The maximum absolute atomic E-state index is 5.90. The molecule has 2 atom stereocenters. The van der Waals surface area contributed by atoms with Gasteiger partial charge in [-0.25, -0.2) is 0 Å². The topological polar surface area (TPSA) is 26.0 Å². The molecular formula is C9H18BrN. The van der Waals surface area contributed by atoms with Gasteiger partial charge in [0.05, 0.1) is 0 Å². The predicted molar refractivity (Wildman–Crippen MR) is 53.0 cm³/mol. The van der Waals surface area contributed by atoms with Gasteiger partial charge >= 0.3 is 0 Å². The molecule has 2 unspecified atom stereocenters. The van der Waals surface area contributed by atoms with Crippen LogP contribution in [0.2, 0.25) is 0 Å². The highest BCUT2D eigenvalue weighted by atomic mass is 79.9. The molecule has 1 aliphatic rings. The first-order valence-electron chi connectivity index (χ1n) is 4.68. The Morgan fingerprint density at radius 2 is 1.45 bits per heavy atom. The molecule has 0 bridgehead atoms. The Kier molecular flexibility index (Phi) is 4.46. The van der Waals surface area contributed by atoms with Gasteiger partial charge in [-0.15, -0.1) is 0 Å². The zero-order valence-electron chi connectivity index (χ0n) is 7.06. The van der Waals surface area contributed by atoms with Gasteiger partial charge in [0.2, 0.25) is 0 Å². The first-order chi connectivity index (χ1) is 5.29. The summed E-state index contributed by atoms with van der Waals surface area (Å²) in [5.41, 5.74) is 5.90. The monoisotopic (exact) mass is 219 g/mol. The lowest BCUT2D eigenvalue weighted by atomic mass is 10.1. The summed E-state index contributed by atoms with van der Waals surface area (Å²) in [5.74, 6) is 0. The largest absolute Gasteiger partial charge is 0.328 e. The van der Waals surface area contributed by atoms with E-state index in [4.69, 9.17) is 5.73 Å². The Labute approximate surface area is 77.9 Å². The lowest BCUT2D eigenvalue weighted by molar-refractivity contribution is 0.534. The molecule has 0 aliphatic heterocycles. The minimum Gasteiger partial charge on any atom is -0.328 e. The number of rotatable bonds is 0. The van der Waals surface area contributed by atoms with Crippen LogP contribution in [0.5, 0.6) is 0 Å². The summed E-state index contributed by atoms with van der Waals surface area (Å²) in [6.07, 6.45) is 9.09. The molecule has 1 fully saturated rings. The van der Waals surface area contributed by atoms with Crippen LogP contribution in [0.25, 0.3) is 0 Å². The molecule has 2 heteroatoms. The molecule has 0 radical (unpaired) electrons. The van der Waals surface area contributed by atoms with Crippen molar-refractivity contribution in [3.63, 3.8) is 0 Å². The van der Waals surface area contributed by atoms with Crippen molar-refractivity contribution in [3.05, 3.63) is 0 Å². The predicted octanol–water partition coefficient (Wildman–Crippen LogP) is 2.82. The molecule has 0 aromatic carbocycles. The summed E-state index contributed by atoms with van der Waals surface area (Å²) >= 11 is 3.69. The molecule has 0 spiro atoms. The maximum atomic E-state index is 5.90. The van der Waals surface area contributed by atoms with E-state index in [1.54, 1.807) is 0 Å². The third-order valence-electron chi connectivity index (χ3n) is 2.43. The highest BCUT2D eigenvalue weighted by Crippen LogP contribution is 2.21. The van der Waals surface area contributed by atoms with Crippen LogP contribution in [-0.4, -0.2) is 10.9 Å². The lowest BCUT2D eigenvalue weighted by Gasteiger charge is -2.08. The molecule has 0 amide bonds. The molecule has 0 aromatic heterocycles. The summed E-state index contributed by atoms with van der Waals surface area (Å²) in [6, 6.07) is 0.479. The fourth-order valence-corrected chi connectivity index (χ4v) is 2.31. The van der Waals surface area contributed by atoms with Gasteiger partial charge < -0.3 is 5.73 Å². The van der Waals surface area contributed by atoms with Crippen LogP contribution in [-0.2, 0) is 0 Å². The van der Waals surface area contributed by atoms with E-state index in [1.807, 2.05) is 0 Å². The van der Waals surface area contributed by atoms with Crippen molar-refractivity contribution in [1.29, 1.82) is 0 Å². The highest BCUT2D eigenvalue weighted by Gasteiger charge is 2.09. The Morgan fingerprint density at radius 3 is 2.27 bits per heavy atom. The Morgan fingerprint density at radius 1 is 0.909 bits per heavy atom. The normalized spacial score (nSPS) is 35.5. The molecular weight excluding hydrogens is 202 g/mol. The van der Waals surface area contributed by atoms with E-state index in [0.29, 0.717) is 6.04 Å². The van der Waals surface area contributed by atoms with E-state index in [0.717, 1.165) is 4.83 Å². The number of hydrogen-bond donors (Lipinski definition) is 1. The quantitative estimate of drug-likeness (QED) is 0.624. The van der Waals surface area contributed by atoms with Gasteiger partial charge in [-0.3, -0.25) is 0 Å². The standard InChI is InChI=1S/C9H18BrN/c10-8-4-1-2-6-9(11)7-3-5-8/h8-9H,1-7,11H2. The number of hydrogen-bond acceptors (Lipinski definition) is 1. The average Bonchev–Trinajstić information content (AvgIpc) is 2.04. The smallest absolute Gasteiger partial charge is 0.0145 e. The van der Waals surface area contributed by atoms with Gasteiger partial charge in [-0.1, -0.05) is 35.2 Å². The summed E-state index contributed by atoms with van der Waals surface area (Å²) in [5, 5.41) is 0. The highest BCUT2D eigenvalue weighted by molar-refractivity contribution is 9.09. The molecule has 1 saturated carbocycles. The van der Waals surface area contributed by atoms with Crippen LogP contribution in [0.15, 0.2) is 0 Å². The molecule has 1 rings (SSSR count). The Hall–Kier alpha value is 0.440. The SMILES string of the molecule is NC1CCCCC(Br)CCC1. The molecule has 1 nitrogen and oxygen atoms in total.